The first kappa shape index (κ1) is 11.5. The molecule has 0 spiro atoms. The summed E-state index contributed by atoms with van der Waals surface area (Å²) in [7, 11) is 0. The molecule has 17 heavy (non-hydrogen) atoms. The van der Waals surface area contributed by atoms with Crippen LogP contribution in [0, 0.1) is 0 Å². The Hall–Kier alpha value is -1.97. The van der Waals surface area contributed by atoms with E-state index < -0.39 is 0 Å². The molecule has 0 saturated carbocycles. The van der Waals surface area contributed by atoms with Gasteiger partial charge in [0.15, 0.2) is 0 Å². The van der Waals surface area contributed by atoms with E-state index in [0.29, 0.717) is 18.2 Å². The Morgan fingerprint density at radius 3 is 2.65 bits per heavy atom. The Labute approximate surface area is 101 Å². The maximum Gasteiger partial charge on any atom is 0.130 e. The van der Waals surface area contributed by atoms with Crippen LogP contribution in [0.4, 0.5) is 5.82 Å². The number of aromatic nitrogens is 3. The normalized spacial score (nSPS) is 10.8. The van der Waals surface area contributed by atoms with E-state index in [-0.39, 0.29) is 0 Å². The highest BCUT2D eigenvalue weighted by atomic mass is 14.9. The van der Waals surface area contributed by atoms with Gasteiger partial charge in [0.05, 0.1) is 5.69 Å². The van der Waals surface area contributed by atoms with Gasteiger partial charge in [0.1, 0.15) is 12.1 Å². The molecule has 88 valence electrons. The molecule has 0 aliphatic rings. The topological polar surface area (TPSA) is 64.7 Å². The standard InChI is InChI=1S/C13H16N4/c1-9(2)12-11(16-8-17-13(12)14)7-10-5-3-4-6-15-10/h3-6,8-9H,7H2,1-2H3,(H2,14,16,17). The first-order valence-corrected chi connectivity index (χ1v) is 5.67. The van der Waals surface area contributed by atoms with E-state index in [1.165, 1.54) is 6.33 Å². The molecular weight excluding hydrogens is 212 g/mol. The average molecular weight is 228 g/mol. The van der Waals surface area contributed by atoms with Gasteiger partial charge in [-0.2, -0.15) is 0 Å². The van der Waals surface area contributed by atoms with Crippen molar-refractivity contribution in [1.82, 2.24) is 15.0 Å². The molecule has 2 aromatic rings. The molecule has 2 N–H and O–H groups in total. The number of rotatable bonds is 3. The molecule has 2 aromatic heterocycles. The summed E-state index contributed by atoms with van der Waals surface area (Å²) in [4.78, 5) is 12.7. The molecule has 2 rings (SSSR count). The second-order valence-electron chi connectivity index (χ2n) is 4.27. The van der Waals surface area contributed by atoms with Crippen molar-refractivity contribution >= 4 is 5.82 Å². The number of pyridine rings is 1. The molecule has 0 aromatic carbocycles. The lowest BCUT2D eigenvalue weighted by molar-refractivity contribution is 0.817. The SMILES string of the molecule is CC(C)c1c(N)ncnc1Cc1ccccn1. The third-order valence-electron chi connectivity index (χ3n) is 2.65. The number of hydrogen-bond acceptors (Lipinski definition) is 4. The summed E-state index contributed by atoms with van der Waals surface area (Å²) in [6.07, 6.45) is 4.00. The highest BCUT2D eigenvalue weighted by molar-refractivity contribution is 5.44. The van der Waals surface area contributed by atoms with E-state index in [0.717, 1.165) is 17.0 Å². The van der Waals surface area contributed by atoms with Crippen LogP contribution < -0.4 is 5.73 Å². The van der Waals surface area contributed by atoms with Gasteiger partial charge in [-0.15, -0.1) is 0 Å². The first-order valence-electron chi connectivity index (χ1n) is 5.67. The fraction of sp³-hybridized carbons (Fsp3) is 0.308. The van der Waals surface area contributed by atoms with Crippen LogP contribution in [0.25, 0.3) is 0 Å². The molecular formula is C13H16N4. The Morgan fingerprint density at radius 2 is 2.00 bits per heavy atom. The van der Waals surface area contributed by atoms with Gasteiger partial charge < -0.3 is 5.73 Å². The summed E-state index contributed by atoms with van der Waals surface area (Å²) in [6.45, 7) is 4.19. The van der Waals surface area contributed by atoms with Gasteiger partial charge in [0.25, 0.3) is 0 Å². The fourth-order valence-electron chi connectivity index (χ4n) is 1.89. The number of nitrogen functional groups attached to an aromatic ring is 1. The Morgan fingerprint density at radius 1 is 1.18 bits per heavy atom. The van der Waals surface area contributed by atoms with Crippen LogP contribution in [0.1, 0.15) is 36.7 Å². The average Bonchev–Trinajstić information content (AvgIpc) is 2.30. The molecule has 0 amide bonds. The first-order chi connectivity index (χ1) is 8.18. The van der Waals surface area contributed by atoms with Crippen LogP contribution in [0.3, 0.4) is 0 Å². The zero-order valence-corrected chi connectivity index (χ0v) is 10.1. The molecule has 0 radical (unpaired) electrons. The third kappa shape index (κ3) is 2.58. The van der Waals surface area contributed by atoms with Gasteiger partial charge in [-0.25, -0.2) is 9.97 Å². The van der Waals surface area contributed by atoms with Crippen LogP contribution in [0.15, 0.2) is 30.7 Å². The van der Waals surface area contributed by atoms with Crippen molar-refractivity contribution in [1.29, 1.82) is 0 Å². The van der Waals surface area contributed by atoms with E-state index in [2.05, 4.69) is 28.8 Å². The number of anilines is 1. The summed E-state index contributed by atoms with van der Waals surface area (Å²) >= 11 is 0. The largest absolute Gasteiger partial charge is 0.383 e. The molecule has 0 fully saturated rings. The molecule has 0 unspecified atom stereocenters. The van der Waals surface area contributed by atoms with Crippen molar-refractivity contribution in [2.75, 3.05) is 5.73 Å². The van der Waals surface area contributed by atoms with Crippen molar-refractivity contribution in [3.05, 3.63) is 47.7 Å². The lowest BCUT2D eigenvalue weighted by Crippen LogP contribution is -2.07. The molecule has 0 saturated heterocycles. The lowest BCUT2D eigenvalue weighted by Gasteiger charge is -2.13. The van der Waals surface area contributed by atoms with Crippen LogP contribution >= 0.6 is 0 Å². The molecule has 0 aliphatic heterocycles. The minimum absolute atomic E-state index is 0.315. The predicted molar refractivity (Wildman–Crippen MR) is 67.6 cm³/mol. The van der Waals surface area contributed by atoms with Gasteiger partial charge in [-0.3, -0.25) is 4.98 Å². The molecule has 2 heterocycles. The van der Waals surface area contributed by atoms with Crippen molar-refractivity contribution < 1.29 is 0 Å². The zero-order chi connectivity index (χ0) is 12.3. The molecule has 4 heteroatoms. The summed E-state index contributed by atoms with van der Waals surface area (Å²) in [6, 6.07) is 5.87. The summed E-state index contributed by atoms with van der Waals surface area (Å²) in [5, 5.41) is 0. The highest BCUT2D eigenvalue weighted by Gasteiger charge is 2.13. The molecule has 4 nitrogen and oxygen atoms in total. The lowest BCUT2D eigenvalue weighted by atomic mass is 9.99. The molecule has 0 aliphatic carbocycles. The maximum absolute atomic E-state index is 5.90. The minimum Gasteiger partial charge on any atom is -0.383 e. The summed E-state index contributed by atoms with van der Waals surface area (Å²) < 4.78 is 0. The van der Waals surface area contributed by atoms with Gasteiger partial charge >= 0.3 is 0 Å². The third-order valence-corrected chi connectivity index (χ3v) is 2.65. The van der Waals surface area contributed by atoms with Crippen molar-refractivity contribution in [2.45, 2.75) is 26.2 Å². The Bertz CT molecular complexity index is 494. The quantitative estimate of drug-likeness (QED) is 0.874. The van der Waals surface area contributed by atoms with Crippen LogP contribution in [-0.2, 0) is 6.42 Å². The van der Waals surface area contributed by atoms with Crippen LogP contribution in [-0.4, -0.2) is 15.0 Å². The van der Waals surface area contributed by atoms with Gasteiger partial charge in [-0.05, 0) is 18.1 Å². The number of nitrogens with two attached hydrogens (primary N) is 1. The van der Waals surface area contributed by atoms with Gasteiger partial charge in [0.2, 0.25) is 0 Å². The van der Waals surface area contributed by atoms with E-state index in [1.54, 1.807) is 6.20 Å². The number of hydrogen-bond donors (Lipinski definition) is 1. The van der Waals surface area contributed by atoms with Crippen LogP contribution in [0.5, 0.6) is 0 Å². The summed E-state index contributed by atoms with van der Waals surface area (Å²) in [5.74, 6) is 0.885. The predicted octanol–water partition coefficient (Wildman–Crippen LogP) is 2.17. The minimum atomic E-state index is 0.315. The second-order valence-corrected chi connectivity index (χ2v) is 4.27. The van der Waals surface area contributed by atoms with Crippen LogP contribution in [0.2, 0.25) is 0 Å². The Kier molecular flexibility index (Phi) is 3.32. The molecule has 0 atom stereocenters. The fourth-order valence-corrected chi connectivity index (χ4v) is 1.89. The van der Waals surface area contributed by atoms with E-state index >= 15 is 0 Å². The maximum atomic E-state index is 5.90. The second kappa shape index (κ2) is 4.91. The van der Waals surface area contributed by atoms with Crippen molar-refractivity contribution in [2.24, 2.45) is 0 Å². The highest BCUT2D eigenvalue weighted by Crippen LogP contribution is 2.23. The number of nitrogens with zero attached hydrogens (tertiary/aromatic N) is 3. The van der Waals surface area contributed by atoms with Crippen molar-refractivity contribution in [3.8, 4) is 0 Å². The zero-order valence-electron chi connectivity index (χ0n) is 10.1. The Balaban J connectivity index is 2.36. The smallest absolute Gasteiger partial charge is 0.130 e. The van der Waals surface area contributed by atoms with E-state index in [4.69, 9.17) is 5.73 Å². The van der Waals surface area contributed by atoms with E-state index in [9.17, 15) is 0 Å². The summed E-state index contributed by atoms with van der Waals surface area (Å²) in [5.41, 5.74) is 8.89. The molecule has 0 bridgehead atoms. The monoisotopic (exact) mass is 228 g/mol. The van der Waals surface area contributed by atoms with Gasteiger partial charge in [-0.1, -0.05) is 19.9 Å². The van der Waals surface area contributed by atoms with E-state index in [1.807, 2.05) is 18.2 Å². The van der Waals surface area contributed by atoms with Crippen molar-refractivity contribution in [3.63, 3.8) is 0 Å². The van der Waals surface area contributed by atoms with Gasteiger partial charge in [0, 0.05) is 23.9 Å².